The molecule has 1 saturated carbocycles. The lowest BCUT2D eigenvalue weighted by Crippen LogP contribution is -2.49. The number of nitrogens with zero attached hydrogens (tertiary/aromatic N) is 5. The number of H-pyrrole nitrogens is 2. The molecule has 1 aromatic carbocycles. The van der Waals surface area contributed by atoms with Crippen molar-refractivity contribution in [1.82, 2.24) is 29.0 Å². The van der Waals surface area contributed by atoms with E-state index in [0.717, 1.165) is 30.5 Å². The summed E-state index contributed by atoms with van der Waals surface area (Å²) in [5.41, 5.74) is 2.88. The molecule has 1 aliphatic heterocycles. The molecule has 0 radical (unpaired) electrons. The molecule has 1 saturated heterocycles. The highest BCUT2D eigenvalue weighted by Crippen LogP contribution is 2.41. The standard InChI is InChI=1S/C29H35FN8O4/c1-4-10-38-24-26(35(3)29(41)34-27(24)40)33-28(38)37-13-11-36(12-14-37)16-21(39)32-22-19-15-18(30)8-9-20(19)31-23(22)25(42-5-2)17-6-7-17/h8-9,15,31H,4-7,10-14,16H2,1-3H3,(H,32,39)(H,34,40,41). The summed E-state index contributed by atoms with van der Waals surface area (Å²) in [5, 5.41) is 3.64. The maximum absolute atomic E-state index is 14.2. The van der Waals surface area contributed by atoms with Crippen LogP contribution in [0.15, 0.2) is 33.4 Å². The third-order valence-corrected chi connectivity index (χ3v) is 7.82. The van der Waals surface area contributed by atoms with Crippen molar-refractivity contribution in [3.05, 3.63) is 56.1 Å². The largest absolute Gasteiger partial charge is 0.492 e. The van der Waals surface area contributed by atoms with Gasteiger partial charge in [-0.15, -0.1) is 0 Å². The predicted molar refractivity (Wildman–Crippen MR) is 159 cm³/mol. The Morgan fingerprint density at radius 3 is 2.57 bits per heavy atom. The molecule has 4 heterocycles. The minimum absolute atomic E-state index is 0.162. The number of piperazine rings is 1. The van der Waals surface area contributed by atoms with Crippen LogP contribution in [-0.2, 0) is 23.1 Å². The lowest BCUT2D eigenvalue weighted by atomic mass is 10.2. The fraction of sp³-hybridized carbons (Fsp3) is 0.448. The molecule has 4 aromatic rings. The second-order valence-corrected chi connectivity index (χ2v) is 10.8. The van der Waals surface area contributed by atoms with Crippen LogP contribution >= 0.6 is 0 Å². The number of nitrogens with one attached hydrogen (secondary N) is 3. The number of fused-ring (bicyclic) bond motifs is 2. The molecule has 0 unspecified atom stereocenters. The Bertz CT molecular complexity index is 1820. The van der Waals surface area contributed by atoms with Gasteiger partial charge in [-0.1, -0.05) is 6.92 Å². The molecule has 0 atom stereocenters. The maximum Gasteiger partial charge on any atom is 0.329 e. The Kier molecular flexibility index (Phi) is 7.35. The maximum atomic E-state index is 14.2. The van der Waals surface area contributed by atoms with E-state index in [0.29, 0.717) is 73.2 Å². The summed E-state index contributed by atoms with van der Waals surface area (Å²) in [6.45, 7) is 7.55. The van der Waals surface area contributed by atoms with Crippen LogP contribution in [0.4, 0.5) is 16.0 Å². The highest BCUT2D eigenvalue weighted by molar-refractivity contribution is 6.06. The summed E-state index contributed by atoms with van der Waals surface area (Å²) >= 11 is 0. The number of carbonyl (C=O) groups is 1. The minimum atomic E-state index is -0.501. The molecule has 1 amide bonds. The van der Waals surface area contributed by atoms with Crippen LogP contribution < -0.4 is 21.5 Å². The molecular weight excluding hydrogens is 543 g/mol. The van der Waals surface area contributed by atoms with E-state index in [4.69, 9.17) is 9.72 Å². The van der Waals surface area contributed by atoms with Crippen molar-refractivity contribution in [3.8, 4) is 0 Å². The molecule has 13 heteroatoms. The fourth-order valence-corrected chi connectivity index (χ4v) is 5.64. The summed E-state index contributed by atoms with van der Waals surface area (Å²) in [6.07, 6.45) is 2.67. The Morgan fingerprint density at radius 1 is 1.12 bits per heavy atom. The zero-order valence-corrected chi connectivity index (χ0v) is 24.1. The fourth-order valence-electron chi connectivity index (χ4n) is 5.64. The van der Waals surface area contributed by atoms with Gasteiger partial charge in [-0.05, 0) is 50.0 Å². The Balaban J connectivity index is 1.19. The van der Waals surface area contributed by atoms with Crippen molar-refractivity contribution in [1.29, 1.82) is 0 Å². The van der Waals surface area contributed by atoms with Crippen molar-refractivity contribution >= 4 is 45.4 Å². The van der Waals surface area contributed by atoms with Crippen LogP contribution in [0.25, 0.3) is 27.8 Å². The first kappa shape index (κ1) is 27.8. The molecular formula is C29H35FN8O4. The third-order valence-electron chi connectivity index (χ3n) is 7.82. The minimum Gasteiger partial charge on any atom is -0.492 e. The molecule has 2 aliphatic rings. The van der Waals surface area contributed by atoms with Crippen LogP contribution in [0, 0.1) is 5.82 Å². The second kappa shape index (κ2) is 11.1. The summed E-state index contributed by atoms with van der Waals surface area (Å²) in [5.74, 6) is 0.785. The van der Waals surface area contributed by atoms with Gasteiger partial charge in [-0.3, -0.25) is 24.0 Å². The van der Waals surface area contributed by atoms with Crippen molar-refractivity contribution in [2.24, 2.45) is 7.05 Å². The molecule has 2 fully saturated rings. The van der Waals surface area contributed by atoms with E-state index in [-0.39, 0.29) is 18.3 Å². The number of hydrogen-bond acceptors (Lipinski definition) is 7. The van der Waals surface area contributed by atoms with E-state index < -0.39 is 11.2 Å². The number of imidazole rings is 1. The van der Waals surface area contributed by atoms with Crippen LogP contribution in [0.2, 0.25) is 0 Å². The number of aryl methyl sites for hydroxylation is 2. The van der Waals surface area contributed by atoms with Crippen LogP contribution in [-0.4, -0.2) is 74.2 Å². The lowest BCUT2D eigenvalue weighted by Gasteiger charge is -2.35. The second-order valence-electron chi connectivity index (χ2n) is 10.8. The average Bonchev–Trinajstić information content (AvgIpc) is 3.66. The number of aromatic amines is 2. The molecule has 0 spiro atoms. The first-order valence-corrected chi connectivity index (χ1v) is 14.4. The van der Waals surface area contributed by atoms with E-state index in [2.05, 4.69) is 25.1 Å². The number of ether oxygens (including phenoxy) is 1. The van der Waals surface area contributed by atoms with Crippen LogP contribution in [0.5, 0.6) is 0 Å². The topological polar surface area (TPSA) is 133 Å². The first-order valence-electron chi connectivity index (χ1n) is 14.4. The van der Waals surface area contributed by atoms with Crippen LogP contribution in [0.1, 0.15) is 38.8 Å². The number of allylic oxidation sites excluding steroid dienone is 1. The molecule has 1 aliphatic carbocycles. The molecule has 6 rings (SSSR count). The number of aromatic nitrogens is 5. The van der Waals surface area contributed by atoms with Gasteiger partial charge in [0.2, 0.25) is 11.9 Å². The van der Waals surface area contributed by atoms with Gasteiger partial charge >= 0.3 is 5.69 Å². The van der Waals surface area contributed by atoms with E-state index in [1.165, 1.54) is 22.3 Å². The monoisotopic (exact) mass is 578 g/mol. The van der Waals surface area contributed by atoms with E-state index >= 15 is 0 Å². The van der Waals surface area contributed by atoms with Gasteiger partial charge in [-0.2, -0.15) is 4.98 Å². The van der Waals surface area contributed by atoms with Crippen LogP contribution in [0.3, 0.4) is 0 Å². The molecule has 12 nitrogen and oxygen atoms in total. The average molecular weight is 579 g/mol. The van der Waals surface area contributed by atoms with Crippen molar-refractivity contribution < 1.29 is 13.9 Å². The zero-order valence-electron chi connectivity index (χ0n) is 24.1. The summed E-state index contributed by atoms with van der Waals surface area (Å²) < 4.78 is 23.4. The molecule has 3 N–H and O–H groups in total. The number of halogens is 1. The van der Waals surface area contributed by atoms with Crippen molar-refractivity contribution in [3.63, 3.8) is 0 Å². The first-order chi connectivity index (χ1) is 20.3. The number of benzene rings is 1. The predicted octanol–water partition coefficient (Wildman–Crippen LogP) is 2.76. The zero-order chi connectivity index (χ0) is 29.5. The SMILES string of the molecule is CCCn1c(N2CCN(CC(=O)Nc3c(C(OCC)=C4CC4)[nH]c4ccc(F)cc34)CC2)nc2c1c(=O)[nH]c(=O)n2C. The van der Waals surface area contributed by atoms with Gasteiger partial charge in [0.25, 0.3) is 5.56 Å². The summed E-state index contributed by atoms with van der Waals surface area (Å²) in [6, 6.07) is 4.48. The Labute approximate surface area is 240 Å². The number of carbonyl (C=O) groups excluding carboxylic acids is 1. The molecule has 222 valence electrons. The molecule has 0 bridgehead atoms. The van der Waals surface area contributed by atoms with Gasteiger partial charge in [-0.25, -0.2) is 9.18 Å². The Morgan fingerprint density at radius 2 is 1.88 bits per heavy atom. The summed E-state index contributed by atoms with van der Waals surface area (Å²) in [7, 11) is 1.59. The highest BCUT2D eigenvalue weighted by atomic mass is 19.1. The lowest BCUT2D eigenvalue weighted by molar-refractivity contribution is -0.117. The number of rotatable bonds is 9. The summed E-state index contributed by atoms with van der Waals surface area (Å²) in [4.78, 5) is 52.7. The van der Waals surface area contributed by atoms with Gasteiger partial charge in [0, 0.05) is 50.7 Å². The van der Waals surface area contributed by atoms with E-state index in [1.54, 1.807) is 13.1 Å². The number of amides is 1. The van der Waals surface area contributed by atoms with E-state index in [1.807, 2.05) is 18.4 Å². The number of anilines is 2. The molecule has 42 heavy (non-hydrogen) atoms. The third kappa shape index (κ3) is 5.08. The van der Waals surface area contributed by atoms with Gasteiger partial charge in [0.1, 0.15) is 17.3 Å². The van der Waals surface area contributed by atoms with Gasteiger partial charge < -0.3 is 24.5 Å². The van der Waals surface area contributed by atoms with Gasteiger partial charge in [0.15, 0.2) is 11.2 Å². The highest BCUT2D eigenvalue weighted by Gasteiger charge is 2.28. The van der Waals surface area contributed by atoms with E-state index in [9.17, 15) is 18.8 Å². The quantitative estimate of drug-likeness (QED) is 0.260. The van der Waals surface area contributed by atoms with Crippen molar-refractivity contribution in [2.45, 2.75) is 39.7 Å². The number of hydrogen-bond donors (Lipinski definition) is 3. The van der Waals surface area contributed by atoms with Crippen molar-refractivity contribution in [2.75, 3.05) is 49.5 Å². The smallest absolute Gasteiger partial charge is 0.329 e. The molecule has 3 aromatic heterocycles. The Hall–Kier alpha value is -4.39. The van der Waals surface area contributed by atoms with Gasteiger partial charge in [0.05, 0.1) is 18.8 Å². The normalized spacial score (nSPS) is 15.5.